The molecular formula is C8H4F3NOS2. The van der Waals surface area contributed by atoms with Crippen LogP contribution < -0.4 is 4.74 Å². The molecule has 2 aromatic rings. The molecule has 0 fully saturated rings. The van der Waals surface area contributed by atoms with Gasteiger partial charge in [-0.25, -0.2) is 4.98 Å². The van der Waals surface area contributed by atoms with Crippen LogP contribution in [-0.2, 0) is 0 Å². The maximum Gasteiger partial charge on any atom is 0.573 e. The summed E-state index contributed by atoms with van der Waals surface area (Å²) in [6.07, 6.45) is -4.70. The molecule has 0 aliphatic rings. The lowest BCUT2D eigenvalue weighted by molar-refractivity contribution is -0.274. The molecule has 7 heteroatoms. The lowest BCUT2D eigenvalue weighted by atomic mass is 10.3. The monoisotopic (exact) mass is 251 g/mol. The summed E-state index contributed by atoms with van der Waals surface area (Å²) in [6, 6.07) is 4.37. The molecule has 0 bridgehead atoms. The average Bonchev–Trinajstić information content (AvgIpc) is 2.43. The summed E-state index contributed by atoms with van der Waals surface area (Å²) >= 11 is 5.17. The lowest BCUT2D eigenvalue weighted by Gasteiger charge is -2.08. The zero-order valence-electron chi connectivity index (χ0n) is 7.08. The number of ether oxygens (including phenoxy) is 1. The van der Waals surface area contributed by atoms with Crippen molar-refractivity contribution in [2.24, 2.45) is 0 Å². The number of alkyl halides is 3. The number of aromatic nitrogens is 1. The third-order valence-electron chi connectivity index (χ3n) is 1.60. The van der Waals surface area contributed by atoms with Gasteiger partial charge in [-0.05, 0) is 12.1 Å². The van der Waals surface area contributed by atoms with Crippen molar-refractivity contribution in [2.75, 3.05) is 0 Å². The SMILES string of the molecule is FC(F)(F)Oc1cccc2sc(S)nc12. The Morgan fingerprint density at radius 2 is 2.07 bits per heavy atom. The highest BCUT2D eigenvalue weighted by molar-refractivity contribution is 7.82. The molecule has 15 heavy (non-hydrogen) atoms. The van der Waals surface area contributed by atoms with Gasteiger partial charge in [0, 0.05) is 0 Å². The maximum absolute atomic E-state index is 12.0. The largest absolute Gasteiger partial charge is 0.573 e. The summed E-state index contributed by atoms with van der Waals surface area (Å²) < 4.78 is 40.9. The van der Waals surface area contributed by atoms with E-state index in [1.54, 1.807) is 6.07 Å². The molecule has 0 aliphatic heterocycles. The predicted octanol–water partition coefficient (Wildman–Crippen LogP) is 3.48. The number of hydrogen-bond acceptors (Lipinski definition) is 4. The van der Waals surface area contributed by atoms with Crippen molar-refractivity contribution in [3.63, 3.8) is 0 Å². The Hall–Kier alpha value is -0.950. The van der Waals surface area contributed by atoms with Gasteiger partial charge in [0.25, 0.3) is 0 Å². The summed E-state index contributed by atoms with van der Waals surface area (Å²) in [5.41, 5.74) is 0.185. The molecule has 1 heterocycles. The van der Waals surface area contributed by atoms with Crippen molar-refractivity contribution >= 4 is 34.2 Å². The molecule has 0 saturated carbocycles. The van der Waals surface area contributed by atoms with Gasteiger partial charge in [0.1, 0.15) is 9.86 Å². The van der Waals surface area contributed by atoms with Crippen LogP contribution in [0.3, 0.4) is 0 Å². The minimum atomic E-state index is -4.70. The van der Waals surface area contributed by atoms with Gasteiger partial charge in [0.2, 0.25) is 0 Å². The number of rotatable bonds is 1. The molecule has 0 N–H and O–H groups in total. The quantitative estimate of drug-likeness (QED) is 0.784. The number of para-hydroxylation sites is 1. The van der Waals surface area contributed by atoms with Gasteiger partial charge in [-0.3, -0.25) is 0 Å². The molecule has 0 atom stereocenters. The van der Waals surface area contributed by atoms with Crippen LogP contribution in [0.5, 0.6) is 5.75 Å². The van der Waals surface area contributed by atoms with E-state index in [4.69, 9.17) is 0 Å². The van der Waals surface area contributed by atoms with Gasteiger partial charge in [-0.2, -0.15) is 0 Å². The molecule has 0 amide bonds. The Bertz CT molecular complexity index is 494. The molecule has 2 rings (SSSR count). The van der Waals surface area contributed by atoms with Crippen LogP contribution in [0, 0.1) is 0 Å². The second kappa shape index (κ2) is 3.57. The molecule has 80 valence electrons. The normalized spacial score (nSPS) is 12.0. The number of thiazole rings is 1. The molecule has 0 saturated heterocycles. The van der Waals surface area contributed by atoms with Crippen LogP contribution in [0.2, 0.25) is 0 Å². The number of halogens is 3. The zero-order valence-corrected chi connectivity index (χ0v) is 8.79. The fourth-order valence-corrected chi connectivity index (χ4v) is 2.24. The van der Waals surface area contributed by atoms with Crippen molar-refractivity contribution in [3.05, 3.63) is 18.2 Å². The summed E-state index contributed by atoms with van der Waals surface area (Å²) in [6.45, 7) is 0. The smallest absolute Gasteiger partial charge is 0.403 e. The Kier molecular flexibility index (Phi) is 2.51. The summed E-state index contributed by atoms with van der Waals surface area (Å²) in [5.74, 6) is -0.295. The lowest BCUT2D eigenvalue weighted by Crippen LogP contribution is -2.17. The number of hydrogen-bond donors (Lipinski definition) is 1. The highest BCUT2D eigenvalue weighted by Gasteiger charge is 2.32. The van der Waals surface area contributed by atoms with Crippen LogP contribution in [0.1, 0.15) is 0 Å². The fraction of sp³-hybridized carbons (Fsp3) is 0.125. The van der Waals surface area contributed by atoms with E-state index < -0.39 is 6.36 Å². The van der Waals surface area contributed by atoms with Crippen LogP contribution in [0.15, 0.2) is 22.5 Å². The molecule has 1 aromatic carbocycles. The van der Waals surface area contributed by atoms with E-state index in [0.29, 0.717) is 9.04 Å². The number of benzene rings is 1. The third kappa shape index (κ3) is 2.35. The zero-order chi connectivity index (χ0) is 11.1. The van der Waals surface area contributed by atoms with E-state index in [0.717, 1.165) is 0 Å². The van der Waals surface area contributed by atoms with E-state index in [9.17, 15) is 13.2 Å². The average molecular weight is 251 g/mol. The molecule has 2 nitrogen and oxygen atoms in total. The Balaban J connectivity index is 2.51. The van der Waals surface area contributed by atoms with Crippen LogP contribution in [0.4, 0.5) is 13.2 Å². The highest BCUT2D eigenvalue weighted by atomic mass is 32.2. The van der Waals surface area contributed by atoms with Gasteiger partial charge < -0.3 is 4.74 Å². The van der Waals surface area contributed by atoms with Crippen molar-refractivity contribution < 1.29 is 17.9 Å². The summed E-state index contributed by atoms with van der Waals surface area (Å²) in [5, 5.41) is 0. The van der Waals surface area contributed by atoms with Crippen LogP contribution in [0.25, 0.3) is 10.2 Å². The molecule has 0 radical (unpaired) electrons. The van der Waals surface area contributed by atoms with Gasteiger partial charge in [-0.1, -0.05) is 6.07 Å². The van der Waals surface area contributed by atoms with E-state index in [1.807, 2.05) is 0 Å². The van der Waals surface area contributed by atoms with Crippen LogP contribution >= 0.6 is 24.0 Å². The number of fused-ring (bicyclic) bond motifs is 1. The van der Waals surface area contributed by atoms with Crippen molar-refractivity contribution in [2.45, 2.75) is 10.7 Å². The fourth-order valence-electron chi connectivity index (χ4n) is 1.12. The van der Waals surface area contributed by atoms with Gasteiger partial charge in [0.05, 0.1) is 4.70 Å². The molecule has 0 unspecified atom stereocenters. The first kappa shape index (κ1) is 10.6. The number of nitrogens with zero attached hydrogens (tertiary/aromatic N) is 1. The molecule has 0 aliphatic carbocycles. The first-order valence-corrected chi connectivity index (χ1v) is 5.06. The topological polar surface area (TPSA) is 22.1 Å². The molecule has 1 aromatic heterocycles. The van der Waals surface area contributed by atoms with Gasteiger partial charge in [-0.15, -0.1) is 37.1 Å². The van der Waals surface area contributed by atoms with Gasteiger partial charge >= 0.3 is 6.36 Å². The number of thiol groups is 1. The summed E-state index contributed by atoms with van der Waals surface area (Å²) in [7, 11) is 0. The maximum atomic E-state index is 12.0. The molecular weight excluding hydrogens is 247 g/mol. The second-order valence-electron chi connectivity index (χ2n) is 2.65. The minimum Gasteiger partial charge on any atom is -0.403 e. The predicted molar refractivity (Wildman–Crippen MR) is 53.6 cm³/mol. The summed E-state index contributed by atoms with van der Waals surface area (Å²) in [4.78, 5) is 3.85. The van der Waals surface area contributed by atoms with Crippen LogP contribution in [-0.4, -0.2) is 11.3 Å². The highest BCUT2D eigenvalue weighted by Crippen LogP contribution is 2.33. The van der Waals surface area contributed by atoms with Crippen molar-refractivity contribution in [1.82, 2.24) is 4.98 Å². The standard InChI is InChI=1S/C8H4F3NOS2/c9-8(10,11)13-4-2-1-3-5-6(4)12-7(14)15-5/h1-3H,(H,12,14). The molecule has 0 spiro atoms. The Morgan fingerprint density at radius 3 is 2.73 bits per heavy atom. The first-order valence-electron chi connectivity index (χ1n) is 3.80. The first-order chi connectivity index (χ1) is 6.96. The van der Waals surface area contributed by atoms with E-state index >= 15 is 0 Å². The second-order valence-corrected chi connectivity index (χ2v) is 4.40. The Morgan fingerprint density at radius 1 is 1.33 bits per heavy atom. The van der Waals surface area contributed by atoms with E-state index in [2.05, 4.69) is 22.3 Å². The third-order valence-corrected chi connectivity index (χ3v) is 2.79. The van der Waals surface area contributed by atoms with Gasteiger partial charge in [0.15, 0.2) is 5.75 Å². The van der Waals surface area contributed by atoms with Crippen molar-refractivity contribution in [3.8, 4) is 5.75 Å². The Labute approximate surface area is 92.1 Å². The minimum absolute atomic E-state index is 0.185. The van der Waals surface area contributed by atoms with Crippen molar-refractivity contribution in [1.29, 1.82) is 0 Å². The van der Waals surface area contributed by atoms with E-state index in [1.165, 1.54) is 23.5 Å². The van der Waals surface area contributed by atoms with E-state index in [-0.39, 0.29) is 11.3 Å².